The van der Waals surface area contributed by atoms with Crippen LogP contribution >= 0.6 is 0 Å². The largest absolute Gasteiger partial charge is 2.00 e. The molecule has 2 rings (SSSR count). The Bertz CT molecular complexity index is 393. The van der Waals surface area contributed by atoms with Crippen molar-refractivity contribution in [2.24, 2.45) is 5.92 Å². The number of benzene rings is 1. The van der Waals surface area contributed by atoms with Crippen molar-refractivity contribution in [2.75, 3.05) is 26.4 Å². The smallest absolute Gasteiger partial charge is 0.454 e. The summed E-state index contributed by atoms with van der Waals surface area (Å²) in [5.74, 6) is 2.16. The van der Waals surface area contributed by atoms with E-state index in [-0.39, 0.29) is 37.7 Å². The van der Waals surface area contributed by atoms with Crippen LogP contribution in [0, 0.1) is 19.8 Å². The van der Waals surface area contributed by atoms with Crippen molar-refractivity contribution in [3.8, 4) is 11.5 Å². The van der Waals surface area contributed by atoms with E-state index in [0.29, 0.717) is 6.79 Å². The maximum absolute atomic E-state index is 10.1. The van der Waals surface area contributed by atoms with Gasteiger partial charge in [0.05, 0.1) is 0 Å². The second-order valence-corrected chi connectivity index (χ2v) is 5.05. The average Bonchev–Trinajstić information content (AvgIpc) is 3.08. The summed E-state index contributed by atoms with van der Waals surface area (Å²) in [5, 5.41) is 0. The number of carbonyl (C=O) groups excluding carboxylic acids is 1. The number of hydrogen-bond acceptors (Lipinski definition) is 4. The van der Waals surface area contributed by atoms with Crippen LogP contribution in [-0.4, -0.2) is 37.1 Å². The maximum atomic E-state index is 10.1. The third-order valence-electron chi connectivity index (χ3n) is 3.17. The first-order chi connectivity index (χ1) is 11.5. The predicted octanol–water partition coefficient (Wildman–Crippen LogP) is 5.28. The van der Waals surface area contributed by atoms with Crippen molar-refractivity contribution < 1.29 is 32.8 Å². The van der Waals surface area contributed by atoms with Crippen molar-refractivity contribution >= 4 is 5.78 Å². The Labute approximate surface area is 174 Å². The number of ether oxygens (including phenoxy) is 2. The van der Waals surface area contributed by atoms with E-state index in [1.807, 2.05) is 52.0 Å². The summed E-state index contributed by atoms with van der Waals surface area (Å²) in [7, 11) is 0. The molecule has 0 unspecified atom stereocenters. The predicted molar refractivity (Wildman–Crippen MR) is 109 cm³/mol. The Morgan fingerprint density at radius 3 is 1.65 bits per heavy atom. The van der Waals surface area contributed by atoms with Gasteiger partial charge in [0.2, 0.25) is 6.79 Å². The molecule has 0 aromatic heterocycles. The van der Waals surface area contributed by atoms with Crippen LogP contribution in [0.1, 0.15) is 49.0 Å². The molecule has 1 aliphatic heterocycles. The van der Waals surface area contributed by atoms with Crippen LogP contribution < -0.4 is 9.47 Å². The summed E-state index contributed by atoms with van der Waals surface area (Å²) in [6, 6.07) is 7.63. The van der Waals surface area contributed by atoms with Crippen molar-refractivity contribution in [3.63, 3.8) is 0 Å². The zero-order valence-electron chi connectivity index (χ0n) is 16.7. The monoisotopic (exact) mass is 404 g/mol. The standard InChI is InChI=1S/C7H6O2.C6H13N.C5H10O.C2H6.CH4.V/c1-2-4-7-6(3-1)8-5-9-7;1-4-7(5-2)6-3;1-4(2)5(3)6;1-2;;/h1-4H,5H2;1-2,4-6H2,3H3;4H,1-3H3;1-2H3;1H4;/q;-2;;;;+2. The number of ketones is 1. The van der Waals surface area contributed by atoms with E-state index in [1.165, 1.54) is 0 Å². The van der Waals surface area contributed by atoms with Gasteiger partial charge in [-0.1, -0.05) is 54.2 Å². The molecule has 0 spiro atoms. The van der Waals surface area contributed by atoms with Gasteiger partial charge >= 0.3 is 18.6 Å². The quantitative estimate of drug-likeness (QED) is 0.640. The molecule has 0 N–H and O–H groups in total. The first-order valence-corrected chi connectivity index (χ1v) is 8.62. The molecule has 0 bridgehead atoms. The third kappa shape index (κ3) is 16.5. The van der Waals surface area contributed by atoms with E-state index < -0.39 is 0 Å². The van der Waals surface area contributed by atoms with Crippen LogP contribution in [0.3, 0.4) is 0 Å². The molecule has 1 aromatic rings. The number of Topliss-reactive ketones (excluding diaryl/α,β-unsaturated/α-hetero) is 1. The zero-order valence-corrected chi connectivity index (χ0v) is 18.1. The molecule has 151 valence electrons. The maximum Gasteiger partial charge on any atom is 2.00 e. The van der Waals surface area contributed by atoms with Gasteiger partial charge in [0.15, 0.2) is 11.5 Å². The number of carbonyl (C=O) groups is 1. The molecule has 0 saturated carbocycles. The Morgan fingerprint density at radius 1 is 1.12 bits per heavy atom. The number of fused-ring (bicyclic) bond motifs is 1. The zero-order chi connectivity index (χ0) is 19.0. The molecule has 1 aliphatic rings. The van der Waals surface area contributed by atoms with Crippen LogP contribution in [0.15, 0.2) is 24.3 Å². The van der Waals surface area contributed by atoms with E-state index >= 15 is 0 Å². The van der Waals surface area contributed by atoms with Crippen LogP contribution in [-0.2, 0) is 23.4 Å². The molecule has 5 heteroatoms. The van der Waals surface area contributed by atoms with Crippen LogP contribution in [0.25, 0.3) is 0 Å². The molecule has 0 fully saturated rings. The summed E-state index contributed by atoms with van der Waals surface area (Å²) in [4.78, 5) is 12.3. The molecule has 4 nitrogen and oxygen atoms in total. The Morgan fingerprint density at radius 2 is 1.46 bits per heavy atom. The molecule has 0 aliphatic carbocycles. The number of hydrogen-bond donors (Lipinski definition) is 0. The van der Waals surface area contributed by atoms with E-state index in [9.17, 15) is 4.79 Å². The topological polar surface area (TPSA) is 38.8 Å². The Hall–Kier alpha value is -0.966. The first-order valence-electron chi connectivity index (χ1n) is 8.62. The second kappa shape index (κ2) is 22.1. The van der Waals surface area contributed by atoms with Crippen LogP contribution in [0.2, 0.25) is 0 Å². The number of rotatable bonds is 4. The van der Waals surface area contributed by atoms with Crippen LogP contribution in [0.5, 0.6) is 11.5 Å². The fourth-order valence-electron chi connectivity index (χ4n) is 1.27. The van der Waals surface area contributed by atoms with Crippen molar-refractivity contribution in [2.45, 2.75) is 49.0 Å². The number of para-hydroxylation sites is 2. The molecule has 1 aromatic carbocycles. The molecular formula is C21H39NO3V. The van der Waals surface area contributed by atoms with Crippen LogP contribution in [0.4, 0.5) is 0 Å². The third-order valence-corrected chi connectivity index (χ3v) is 3.17. The Kier molecular flexibility index (Phi) is 27.8. The molecule has 0 saturated heterocycles. The number of nitrogens with zero attached hydrogens (tertiary/aromatic N) is 1. The summed E-state index contributed by atoms with van der Waals surface area (Å²) in [5.41, 5.74) is 0. The molecule has 1 radical (unpaired) electrons. The van der Waals surface area contributed by atoms with E-state index in [1.54, 1.807) is 6.92 Å². The summed E-state index contributed by atoms with van der Waals surface area (Å²) in [6.45, 7) is 22.1. The normalized spacial score (nSPS) is 9.92. The van der Waals surface area contributed by atoms with Crippen molar-refractivity contribution in [1.29, 1.82) is 0 Å². The summed E-state index contributed by atoms with van der Waals surface area (Å²) < 4.78 is 10.2. The summed E-state index contributed by atoms with van der Waals surface area (Å²) in [6.07, 6.45) is 0. The second-order valence-electron chi connectivity index (χ2n) is 5.05. The van der Waals surface area contributed by atoms with Gasteiger partial charge in [-0.15, -0.1) is 13.1 Å². The SMILES string of the molecule is C.CC.CC(=O)C(C)C.[CH2-]CN(C[CH2-])CC.[V+2].c1ccc2c(c1)OCO2. The van der Waals surface area contributed by atoms with E-state index in [2.05, 4.69) is 25.7 Å². The van der Waals surface area contributed by atoms with Gasteiger partial charge < -0.3 is 28.2 Å². The van der Waals surface area contributed by atoms with Gasteiger partial charge in [-0.05, 0) is 25.6 Å². The van der Waals surface area contributed by atoms with Crippen molar-refractivity contribution in [3.05, 3.63) is 38.1 Å². The minimum Gasteiger partial charge on any atom is -0.454 e. The first kappa shape index (κ1) is 32.7. The minimum atomic E-state index is 0. The van der Waals surface area contributed by atoms with Gasteiger partial charge in [-0.2, -0.15) is 0 Å². The minimum absolute atomic E-state index is 0. The van der Waals surface area contributed by atoms with Crippen molar-refractivity contribution in [1.82, 2.24) is 4.90 Å². The molecule has 0 atom stereocenters. The molecule has 0 amide bonds. The van der Waals surface area contributed by atoms with Gasteiger partial charge in [0.25, 0.3) is 0 Å². The molecule has 26 heavy (non-hydrogen) atoms. The van der Waals surface area contributed by atoms with Gasteiger partial charge in [-0.3, -0.25) is 4.79 Å². The van der Waals surface area contributed by atoms with Gasteiger partial charge in [0, 0.05) is 5.92 Å². The van der Waals surface area contributed by atoms with E-state index in [0.717, 1.165) is 31.1 Å². The fourth-order valence-corrected chi connectivity index (χ4v) is 1.27. The van der Waals surface area contributed by atoms with Gasteiger partial charge in [-0.25, -0.2) is 0 Å². The molecule has 1 heterocycles. The fraction of sp³-hybridized carbons (Fsp3) is 0.571. The van der Waals surface area contributed by atoms with E-state index in [4.69, 9.17) is 9.47 Å². The average molecular weight is 404 g/mol. The molecular weight excluding hydrogens is 365 g/mol. The summed E-state index contributed by atoms with van der Waals surface area (Å²) >= 11 is 0. The Balaban J connectivity index is -0.000000132. The van der Waals surface area contributed by atoms with Gasteiger partial charge in [0.1, 0.15) is 5.78 Å².